The van der Waals surface area contributed by atoms with E-state index in [1.165, 1.54) is 15.6 Å². The van der Waals surface area contributed by atoms with Crippen molar-refractivity contribution in [3.8, 4) is 0 Å². The van der Waals surface area contributed by atoms with Crippen LogP contribution in [-0.4, -0.2) is 36.7 Å². The first-order valence-corrected chi connectivity index (χ1v) is 12.3. The van der Waals surface area contributed by atoms with Crippen LogP contribution in [0.3, 0.4) is 0 Å². The zero-order valence-corrected chi connectivity index (χ0v) is 19.1. The molecule has 1 unspecified atom stereocenters. The molecular formula is C21H22ClN3O3S2. The third-order valence-corrected chi connectivity index (χ3v) is 8.31. The summed E-state index contributed by atoms with van der Waals surface area (Å²) in [5.74, 6) is -0.628. The molecule has 9 heteroatoms. The van der Waals surface area contributed by atoms with Gasteiger partial charge in [-0.25, -0.2) is 13.4 Å². The SMILES string of the molecule is Cc1ccc(S(=O)(=O)N2CCCC(C(=O)Nc3nc4c(C)cc(Cl)cc4s3)C2)cc1. The van der Waals surface area contributed by atoms with E-state index in [2.05, 4.69) is 10.3 Å². The van der Waals surface area contributed by atoms with Gasteiger partial charge in [-0.3, -0.25) is 4.79 Å². The Morgan fingerprint density at radius 1 is 1.23 bits per heavy atom. The van der Waals surface area contributed by atoms with Crippen molar-refractivity contribution in [3.05, 3.63) is 52.5 Å². The fourth-order valence-electron chi connectivity index (χ4n) is 3.65. The molecule has 0 spiro atoms. The van der Waals surface area contributed by atoms with E-state index in [1.54, 1.807) is 24.3 Å². The molecular weight excluding hydrogens is 442 g/mol. The van der Waals surface area contributed by atoms with Crippen LogP contribution < -0.4 is 5.32 Å². The molecule has 1 fully saturated rings. The van der Waals surface area contributed by atoms with Crippen LogP contribution in [0.25, 0.3) is 10.2 Å². The number of amides is 1. The molecule has 1 saturated heterocycles. The first-order chi connectivity index (χ1) is 14.2. The van der Waals surface area contributed by atoms with Gasteiger partial charge >= 0.3 is 0 Å². The van der Waals surface area contributed by atoms with Gasteiger partial charge in [-0.2, -0.15) is 4.31 Å². The second kappa shape index (κ2) is 8.26. The van der Waals surface area contributed by atoms with Crippen molar-refractivity contribution in [2.75, 3.05) is 18.4 Å². The zero-order chi connectivity index (χ0) is 21.5. The summed E-state index contributed by atoms with van der Waals surface area (Å²) < 4.78 is 28.3. The van der Waals surface area contributed by atoms with Crippen LogP contribution >= 0.6 is 22.9 Å². The third-order valence-electron chi connectivity index (χ3n) is 5.29. The Kier molecular flexibility index (Phi) is 5.85. The van der Waals surface area contributed by atoms with Crippen molar-refractivity contribution in [2.24, 2.45) is 5.92 Å². The number of benzene rings is 2. The van der Waals surface area contributed by atoms with Gasteiger partial charge in [0.05, 0.1) is 21.0 Å². The lowest BCUT2D eigenvalue weighted by atomic mass is 9.99. The Balaban J connectivity index is 1.50. The Morgan fingerprint density at radius 3 is 2.70 bits per heavy atom. The predicted molar refractivity (Wildman–Crippen MR) is 121 cm³/mol. The van der Waals surface area contributed by atoms with E-state index in [9.17, 15) is 13.2 Å². The van der Waals surface area contributed by atoms with Crippen molar-refractivity contribution in [3.63, 3.8) is 0 Å². The summed E-state index contributed by atoms with van der Waals surface area (Å²) in [6.45, 7) is 4.42. The summed E-state index contributed by atoms with van der Waals surface area (Å²) in [6, 6.07) is 10.5. The highest BCUT2D eigenvalue weighted by atomic mass is 35.5. The van der Waals surface area contributed by atoms with Crippen LogP contribution in [-0.2, 0) is 14.8 Å². The van der Waals surface area contributed by atoms with E-state index in [1.807, 2.05) is 26.0 Å². The average Bonchev–Trinajstić information content (AvgIpc) is 3.11. The van der Waals surface area contributed by atoms with Crippen molar-refractivity contribution in [1.29, 1.82) is 0 Å². The molecule has 6 nitrogen and oxygen atoms in total. The van der Waals surface area contributed by atoms with Gasteiger partial charge < -0.3 is 5.32 Å². The largest absolute Gasteiger partial charge is 0.302 e. The van der Waals surface area contributed by atoms with Gasteiger partial charge in [0.2, 0.25) is 15.9 Å². The molecule has 1 aliphatic heterocycles. The Labute approximate surface area is 184 Å². The highest BCUT2D eigenvalue weighted by Crippen LogP contribution is 2.32. The summed E-state index contributed by atoms with van der Waals surface area (Å²) >= 11 is 7.47. The number of nitrogens with one attached hydrogen (secondary N) is 1. The van der Waals surface area contributed by atoms with Gasteiger partial charge in [0, 0.05) is 18.1 Å². The highest BCUT2D eigenvalue weighted by Gasteiger charge is 2.33. The van der Waals surface area contributed by atoms with Crippen molar-refractivity contribution in [1.82, 2.24) is 9.29 Å². The number of aromatic nitrogens is 1. The lowest BCUT2D eigenvalue weighted by molar-refractivity contribution is -0.120. The van der Waals surface area contributed by atoms with Gasteiger partial charge in [0.15, 0.2) is 5.13 Å². The normalized spacial score (nSPS) is 17.9. The molecule has 1 N–H and O–H groups in total. The lowest BCUT2D eigenvalue weighted by Crippen LogP contribution is -2.43. The molecule has 30 heavy (non-hydrogen) atoms. The molecule has 0 radical (unpaired) electrons. The monoisotopic (exact) mass is 463 g/mol. The maximum atomic E-state index is 13.0. The maximum absolute atomic E-state index is 13.0. The molecule has 2 aromatic carbocycles. The minimum Gasteiger partial charge on any atom is -0.302 e. The number of hydrogen-bond acceptors (Lipinski definition) is 5. The number of piperidine rings is 1. The average molecular weight is 464 g/mol. The third kappa shape index (κ3) is 4.23. The zero-order valence-electron chi connectivity index (χ0n) is 16.7. The van der Waals surface area contributed by atoms with Crippen LogP contribution in [0.15, 0.2) is 41.3 Å². The number of hydrogen-bond donors (Lipinski definition) is 1. The van der Waals surface area contributed by atoms with E-state index in [4.69, 9.17) is 11.6 Å². The lowest BCUT2D eigenvalue weighted by Gasteiger charge is -2.31. The minimum absolute atomic E-state index is 0.164. The van der Waals surface area contributed by atoms with E-state index >= 15 is 0 Å². The van der Waals surface area contributed by atoms with Crippen molar-refractivity contribution in [2.45, 2.75) is 31.6 Å². The van der Waals surface area contributed by atoms with Gasteiger partial charge in [-0.05, 0) is 56.5 Å². The molecule has 158 valence electrons. The molecule has 0 saturated carbocycles. The number of anilines is 1. The molecule has 0 aliphatic carbocycles. The summed E-state index contributed by atoms with van der Waals surface area (Å²) in [6.07, 6.45) is 1.28. The predicted octanol–water partition coefficient (Wildman–Crippen LogP) is 4.61. The number of aryl methyl sites for hydroxylation is 2. The van der Waals surface area contributed by atoms with E-state index in [0.29, 0.717) is 29.5 Å². The summed E-state index contributed by atoms with van der Waals surface area (Å²) in [5.41, 5.74) is 2.76. The summed E-state index contributed by atoms with van der Waals surface area (Å²) in [5, 5.41) is 4.00. The van der Waals surface area contributed by atoms with E-state index in [-0.39, 0.29) is 17.3 Å². The molecule has 1 atom stereocenters. The van der Waals surface area contributed by atoms with Gasteiger partial charge in [0.1, 0.15) is 0 Å². The number of halogens is 1. The fourth-order valence-corrected chi connectivity index (χ4v) is 6.50. The fraction of sp³-hybridized carbons (Fsp3) is 0.333. The van der Waals surface area contributed by atoms with Crippen molar-refractivity contribution < 1.29 is 13.2 Å². The number of rotatable bonds is 4. The number of nitrogens with zero attached hydrogens (tertiary/aromatic N) is 2. The quantitative estimate of drug-likeness (QED) is 0.612. The molecule has 1 amide bonds. The maximum Gasteiger partial charge on any atom is 0.243 e. The van der Waals surface area contributed by atoms with Crippen molar-refractivity contribution >= 4 is 54.2 Å². The first-order valence-electron chi connectivity index (χ1n) is 9.68. The van der Waals surface area contributed by atoms with E-state index < -0.39 is 15.9 Å². The molecule has 1 aromatic heterocycles. The standard InChI is InChI=1S/C21H22ClN3O3S2/c1-13-5-7-17(8-6-13)30(27,28)25-9-3-4-15(12-25)20(26)24-21-23-19-14(2)10-16(22)11-18(19)29-21/h5-8,10-11,15H,3-4,9,12H2,1-2H3,(H,23,24,26). The van der Waals surface area contributed by atoms with Gasteiger partial charge in [-0.15, -0.1) is 0 Å². The topological polar surface area (TPSA) is 79.4 Å². The van der Waals surface area contributed by atoms with Gasteiger partial charge in [-0.1, -0.05) is 40.6 Å². The summed E-state index contributed by atoms with van der Waals surface area (Å²) in [4.78, 5) is 17.6. The second-order valence-corrected chi connectivity index (χ2v) is 11.0. The Morgan fingerprint density at radius 2 is 1.97 bits per heavy atom. The molecule has 2 heterocycles. The smallest absolute Gasteiger partial charge is 0.243 e. The molecule has 3 aromatic rings. The Hall–Kier alpha value is -2.00. The molecule has 0 bridgehead atoms. The number of sulfonamides is 1. The number of carbonyl (C=O) groups is 1. The van der Waals surface area contributed by atoms with Crippen LogP contribution in [0.1, 0.15) is 24.0 Å². The van der Waals surface area contributed by atoms with Crippen LogP contribution in [0, 0.1) is 19.8 Å². The number of fused-ring (bicyclic) bond motifs is 1. The molecule has 4 rings (SSSR count). The summed E-state index contributed by atoms with van der Waals surface area (Å²) in [7, 11) is -3.62. The van der Waals surface area contributed by atoms with Crippen LogP contribution in [0.5, 0.6) is 0 Å². The van der Waals surface area contributed by atoms with Crippen LogP contribution in [0.4, 0.5) is 5.13 Å². The van der Waals surface area contributed by atoms with E-state index in [0.717, 1.165) is 21.3 Å². The number of thiazole rings is 1. The number of carbonyl (C=O) groups excluding carboxylic acids is 1. The second-order valence-electron chi connectivity index (χ2n) is 7.59. The van der Waals surface area contributed by atoms with Crippen LogP contribution in [0.2, 0.25) is 5.02 Å². The Bertz CT molecular complexity index is 1210. The minimum atomic E-state index is -3.62. The molecule has 1 aliphatic rings. The van der Waals surface area contributed by atoms with Gasteiger partial charge in [0.25, 0.3) is 0 Å². The highest BCUT2D eigenvalue weighted by molar-refractivity contribution is 7.89. The first kappa shape index (κ1) is 21.2.